The number of carbonyl (C=O) groups is 2. The van der Waals surface area contributed by atoms with E-state index in [0.29, 0.717) is 54.7 Å². The Labute approximate surface area is 210 Å². The van der Waals surface area contributed by atoms with E-state index < -0.39 is 17.7 Å². The first-order chi connectivity index (χ1) is 17.4. The van der Waals surface area contributed by atoms with Gasteiger partial charge in [0.15, 0.2) is 0 Å². The highest BCUT2D eigenvalue weighted by atomic mass is 16.5. The molecule has 9 nitrogen and oxygen atoms in total. The number of benzene rings is 2. The molecule has 2 aliphatic heterocycles. The van der Waals surface area contributed by atoms with E-state index in [4.69, 9.17) is 18.9 Å². The van der Waals surface area contributed by atoms with Crippen molar-refractivity contribution >= 4 is 17.4 Å². The van der Waals surface area contributed by atoms with Gasteiger partial charge in [0.25, 0.3) is 11.7 Å². The summed E-state index contributed by atoms with van der Waals surface area (Å²) in [5.74, 6) is 0.0369. The van der Waals surface area contributed by atoms with Crippen LogP contribution in [-0.2, 0) is 14.3 Å². The minimum Gasteiger partial charge on any atom is -0.507 e. The summed E-state index contributed by atoms with van der Waals surface area (Å²) in [4.78, 5) is 30.4. The quantitative estimate of drug-likeness (QED) is 0.339. The molecule has 0 bridgehead atoms. The van der Waals surface area contributed by atoms with E-state index >= 15 is 0 Å². The number of nitrogens with zero attached hydrogens (tertiary/aromatic N) is 2. The number of ketones is 1. The van der Waals surface area contributed by atoms with Crippen LogP contribution in [0.1, 0.15) is 22.7 Å². The number of rotatable bonds is 8. The SMILES string of the molecule is COc1ccc(OC)c(C2/C(=C(/O)c3ccc(OC)c(C)c3)C(=O)C(=O)N2CCN2CCOCC2)c1. The van der Waals surface area contributed by atoms with Crippen LogP contribution in [0.25, 0.3) is 5.76 Å². The van der Waals surface area contributed by atoms with Crippen LogP contribution in [0.4, 0.5) is 0 Å². The van der Waals surface area contributed by atoms with E-state index in [2.05, 4.69) is 4.90 Å². The summed E-state index contributed by atoms with van der Waals surface area (Å²) in [6, 6.07) is 9.49. The largest absolute Gasteiger partial charge is 0.507 e. The Morgan fingerprint density at radius 1 is 0.972 bits per heavy atom. The van der Waals surface area contributed by atoms with Gasteiger partial charge in [-0.25, -0.2) is 0 Å². The number of amides is 1. The van der Waals surface area contributed by atoms with E-state index in [-0.39, 0.29) is 11.3 Å². The maximum absolute atomic E-state index is 13.4. The van der Waals surface area contributed by atoms with Gasteiger partial charge in [0, 0.05) is 37.3 Å². The molecule has 0 saturated carbocycles. The Bertz CT molecular complexity index is 1170. The second kappa shape index (κ2) is 11.0. The lowest BCUT2D eigenvalue weighted by Crippen LogP contribution is -2.42. The van der Waals surface area contributed by atoms with E-state index in [1.165, 1.54) is 12.0 Å². The van der Waals surface area contributed by atoms with Crippen LogP contribution in [0, 0.1) is 6.92 Å². The van der Waals surface area contributed by atoms with Gasteiger partial charge in [-0.3, -0.25) is 14.5 Å². The molecule has 1 N–H and O–H groups in total. The van der Waals surface area contributed by atoms with Gasteiger partial charge in [-0.2, -0.15) is 0 Å². The minimum absolute atomic E-state index is 0.0121. The Balaban J connectivity index is 1.83. The van der Waals surface area contributed by atoms with Crippen molar-refractivity contribution in [1.29, 1.82) is 0 Å². The highest BCUT2D eigenvalue weighted by molar-refractivity contribution is 6.46. The maximum atomic E-state index is 13.4. The molecule has 0 aromatic heterocycles. The summed E-state index contributed by atoms with van der Waals surface area (Å²) in [6.45, 7) is 5.48. The standard InChI is InChI=1S/C27H32N2O7/c1-17-15-18(5-7-21(17)34-3)25(30)23-24(20-16-19(33-2)6-8-22(20)35-4)29(27(32)26(23)31)10-9-28-11-13-36-14-12-28/h5-8,15-16,24,30H,9-14H2,1-4H3/b25-23-. The highest BCUT2D eigenvalue weighted by Crippen LogP contribution is 2.44. The average molecular weight is 497 g/mol. The number of ether oxygens (including phenoxy) is 4. The van der Waals surface area contributed by atoms with Crippen LogP contribution in [0.2, 0.25) is 0 Å². The average Bonchev–Trinajstić information content (AvgIpc) is 3.16. The van der Waals surface area contributed by atoms with Crippen molar-refractivity contribution in [1.82, 2.24) is 9.80 Å². The zero-order valence-electron chi connectivity index (χ0n) is 21.1. The Hall–Kier alpha value is -3.56. The fraction of sp³-hybridized carbons (Fsp3) is 0.407. The Morgan fingerprint density at radius 3 is 2.31 bits per heavy atom. The van der Waals surface area contributed by atoms with Crippen LogP contribution in [0.5, 0.6) is 17.2 Å². The zero-order chi connectivity index (χ0) is 25.8. The normalized spacial score (nSPS) is 20.0. The van der Waals surface area contributed by atoms with Crippen LogP contribution < -0.4 is 14.2 Å². The molecule has 36 heavy (non-hydrogen) atoms. The van der Waals surface area contributed by atoms with Crippen molar-refractivity contribution in [3.63, 3.8) is 0 Å². The maximum Gasteiger partial charge on any atom is 0.295 e. The van der Waals surface area contributed by atoms with Gasteiger partial charge in [0.1, 0.15) is 23.0 Å². The number of aryl methyl sites for hydroxylation is 1. The third-order valence-electron chi connectivity index (χ3n) is 6.70. The molecular formula is C27H32N2O7. The third-order valence-corrected chi connectivity index (χ3v) is 6.70. The summed E-state index contributed by atoms with van der Waals surface area (Å²) in [5.41, 5.74) is 1.79. The Morgan fingerprint density at radius 2 is 1.67 bits per heavy atom. The molecule has 4 rings (SSSR count). The number of carbonyl (C=O) groups excluding carboxylic acids is 2. The minimum atomic E-state index is -0.849. The summed E-state index contributed by atoms with van der Waals surface area (Å²) in [7, 11) is 4.63. The van der Waals surface area contributed by atoms with Gasteiger partial charge >= 0.3 is 0 Å². The molecule has 2 fully saturated rings. The first kappa shape index (κ1) is 25.5. The van der Waals surface area contributed by atoms with Crippen molar-refractivity contribution in [3.8, 4) is 17.2 Å². The molecule has 9 heteroatoms. The van der Waals surface area contributed by atoms with E-state index in [9.17, 15) is 14.7 Å². The van der Waals surface area contributed by atoms with Crippen molar-refractivity contribution in [2.75, 3.05) is 60.7 Å². The monoisotopic (exact) mass is 496 g/mol. The molecule has 2 aromatic carbocycles. The van der Waals surface area contributed by atoms with E-state index in [1.807, 2.05) is 6.92 Å². The van der Waals surface area contributed by atoms with Crippen molar-refractivity contribution < 1.29 is 33.6 Å². The lowest BCUT2D eigenvalue weighted by Gasteiger charge is -2.31. The van der Waals surface area contributed by atoms with Crippen LogP contribution in [0.3, 0.4) is 0 Å². The number of aliphatic hydroxyl groups excluding tert-OH is 1. The molecule has 1 atom stereocenters. The lowest BCUT2D eigenvalue weighted by molar-refractivity contribution is -0.140. The molecule has 0 radical (unpaired) electrons. The number of methoxy groups -OCH3 is 3. The second-order valence-corrected chi connectivity index (χ2v) is 8.74. The van der Waals surface area contributed by atoms with Gasteiger partial charge in [0.2, 0.25) is 0 Å². The summed E-state index contributed by atoms with van der Waals surface area (Å²) in [5, 5.41) is 11.4. The van der Waals surface area contributed by atoms with Gasteiger partial charge in [-0.15, -0.1) is 0 Å². The van der Waals surface area contributed by atoms with Crippen LogP contribution >= 0.6 is 0 Å². The number of aliphatic hydroxyl groups is 1. The number of hydrogen-bond acceptors (Lipinski definition) is 8. The van der Waals surface area contributed by atoms with Crippen molar-refractivity contribution in [2.45, 2.75) is 13.0 Å². The molecule has 2 saturated heterocycles. The van der Waals surface area contributed by atoms with Gasteiger partial charge in [-0.1, -0.05) is 0 Å². The molecule has 0 aliphatic carbocycles. The molecule has 2 heterocycles. The summed E-state index contributed by atoms with van der Waals surface area (Å²) >= 11 is 0. The smallest absolute Gasteiger partial charge is 0.295 e. The number of likely N-dealkylation sites (tertiary alicyclic amines) is 1. The third kappa shape index (κ3) is 4.89. The first-order valence-electron chi connectivity index (χ1n) is 11.8. The van der Waals surface area contributed by atoms with Crippen molar-refractivity contribution in [3.05, 3.63) is 58.7 Å². The fourth-order valence-electron chi connectivity index (χ4n) is 4.74. The van der Waals surface area contributed by atoms with Gasteiger partial charge in [0.05, 0.1) is 46.2 Å². The summed E-state index contributed by atoms with van der Waals surface area (Å²) < 4.78 is 21.8. The van der Waals surface area contributed by atoms with Gasteiger partial charge in [-0.05, 0) is 48.9 Å². The summed E-state index contributed by atoms with van der Waals surface area (Å²) in [6.07, 6.45) is 0. The van der Waals surface area contributed by atoms with E-state index in [1.54, 1.807) is 50.6 Å². The molecule has 0 spiro atoms. The first-order valence-corrected chi connectivity index (χ1v) is 11.8. The van der Waals surface area contributed by atoms with Gasteiger partial charge < -0.3 is 29.0 Å². The molecule has 1 amide bonds. The molecular weight excluding hydrogens is 464 g/mol. The zero-order valence-corrected chi connectivity index (χ0v) is 21.1. The molecule has 2 aromatic rings. The van der Waals surface area contributed by atoms with E-state index in [0.717, 1.165) is 18.7 Å². The molecule has 2 aliphatic rings. The predicted molar refractivity (Wildman–Crippen MR) is 134 cm³/mol. The highest BCUT2D eigenvalue weighted by Gasteiger charge is 2.47. The topological polar surface area (TPSA) is 97.8 Å². The second-order valence-electron chi connectivity index (χ2n) is 8.74. The predicted octanol–water partition coefficient (Wildman–Crippen LogP) is 2.77. The number of Topliss-reactive ketones (excluding diaryl/α,β-unsaturated/α-hetero) is 1. The molecule has 192 valence electrons. The van der Waals surface area contributed by atoms with Crippen LogP contribution in [-0.4, -0.2) is 87.3 Å². The lowest BCUT2D eigenvalue weighted by atomic mass is 9.94. The number of morpholine rings is 1. The van der Waals surface area contributed by atoms with Crippen LogP contribution in [0.15, 0.2) is 42.0 Å². The number of hydrogen-bond donors (Lipinski definition) is 1. The fourth-order valence-corrected chi connectivity index (χ4v) is 4.74. The molecule has 1 unspecified atom stereocenters. The Kier molecular flexibility index (Phi) is 7.81. The van der Waals surface area contributed by atoms with Crippen molar-refractivity contribution in [2.24, 2.45) is 0 Å².